The van der Waals surface area contributed by atoms with Gasteiger partial charge in [-0.3, -0.25) is 19.6 Å². The fourth-order valence-electron chi connectivity index (χ4n) is 3.66. The second kappa shape index (κ2) is 10.6. The summed E-state index contributed by atoms with van der Waals surface area (Å²) in [6.07, 6.45) is 2.72. The molecule has 0 N–H and O–H groups in total. The van der Waals surface area contributed by atoms with Crippen LogP contribution in [0.5, 0.6) is 0 Å². The van der Waals surface area contributed by atoms with Crippen molar-refractivity contribution in [2.75, 3.05) is 39.3 Å². The third-order valence-corrected chi connectivity index (χ3v) is 6.16. The van der Waals surface area contributed by atoms with Crippen LogP contribution < -0.4 is 0 Å². The van der Waals surface area contributed by atoms with Gasteiger partial charge in [-0.15, -0.1) is 21.5 Å². The highest BCUT2D eigenvalue weighted by atomic mass is 32.1. The number of aromatic nitrogens is 3. The van der Waals surface area contributed by atoms with Crippen LogP contribution >= 0.6 is 11.3 Å². The molecule has 8 nitrogen and oxygen atoms in total. The molecule has 0 bridgehead atoms. The first-order valence-corrected chi connectivity index (χ1v) is 11.6. The number of nitrogens with zero attached hydrogens (tertiary/aromatic N) is 6. The zero-order valence-corrected chi connectivity index (χ0v) is 18.6. The average molecular weight is 441 g/mol. The van der Waals surface area contributed by atoms with Crippen LogP contribution in [0, 0.1) is 0 Å². The monoisotopic (exact) mass is 440 g/mol. The van der Waals surface area contributed by atoms with Crippen molar-refractivity contribution in [3.8, 4) is 10.8 Å². The van der Waals surface area contributed by atoms with Crippen molar-refractivity contribution in [2.45, 2.75) is 26.4 Å². The summed E-state index contributed by atoms with van der Waals surface area (Å²) in [6, 6.07) is 9.91. The van der Waals surface area contributed by atoms with Crippen LogP contribution in [0.4, 0.5) is 0 Å². The summed E-state index contributed by atoms with van der Waals surface area (Å²) < 4.78 is 5.78. The van der Waals surface area contributed by atoms with Crippen LogP contribution in [0.2, 0.25) is 0 Å². The van der Waals surface area contributed by atoms with Crippen molar-refractivity contribution >= 4 is 17.2 Å². The third-order valence-electron chi connectivity index (χ3n) is 5.31. The van der Waals surface area contributed by atoms with E-state index in [9.17, 15) is 4.79 Å². The highest BCUT2D eigenvalue weighted by molar-refractivity contribution is 7.13. The molecule has 164 valence electrons. The molecular weight excluding hydrogens is 412 g/mol. The summed E-state index contributed by atoms with van der Waals surface area (Å²) in [5.74, 6) is 1.10. The first-order valence-electron chi connectivity index (χ1n) is 10.7. The maximum absolute atomic E-state index is 13.0. The summed E-state index contributed by atoms with van der Waals surface area (Å²) in [5, 5.41) is 10.2. The van der Waals surface area contributed by atoms with E-state index >= 15 is 0 Å². The van der Waals surface area contributed by atoms with Gasteiger partial charge in [0.15, 0.2) is 0 Å². The number of pyridine rings is 1. The minimum atomic E-state index is 0.107. The van der Waals surface area contributed by atoms with Gasteiger partial charge in [-0.25, -0.2) is 0 Å². The van der Waals surface area contributed by atoms with Crippen LogP contribution in [-0.2, 0) is 17.9 Å². The van der Waals surface area contributed by atoms with E-state index in [2.05, 4.69) is 38.0 Å². The maximum atomic E-state index is 13.0. The van der Waals surface area contributed by atoms with Gasteiger partial charge in [-0.2, -0.15) is 0 Å². The van der Waals surface area contributed by atoms with E-state index in [4.69, 9.17) is 4.42 Å². The number of hydrogen-bond donors (Lipinski definition) is 0. The van der Waals surface area contributed by atoms with Gasteiger partial charge >= 0.3 is 0 Å². The molecule has 4 heterocycles. The highest BCUT2D eigenvalue weighted by Crippen LogP contribution is 2.23. The Bertz CT molecular complexity index is 938. The lowest BCUT2D eigenvalue weighted by Gasteiger charge is -2.35. The van der Waals surface area contributed by atoms with Crippen LogP contribution in [0.25, 0.3) is 10.8 Å². The van der Waals surface area contributed by atoms with Crippen molar-refractivity contribution in [1.82, 2.24) is 29.9 Å². The number of hydrogen-bond acceptors (Lipinski definition) is 8. The minimum Gasteiger partial charge on any atom is -0.418 e. The number of carbonyl (C=O) groups is 1. The van der Waals surface area contributed by atoms with Crippen LogP contribution in [0.3, 0.4) is 0 Å². The largest absolute Gasteiger partial charge is 0.418 e. The molecule has 1 aliphatic rings. The number of rotatable bonds is 9. The Morgan fingerprint density at radius 2 is 1.97 bits per heavy atom. The van der Waals surface area contributed by atoms with E-state index in [1.165, 1.54) is 0 Å². The number of carbonyl (C=O) groups excluding carboxylic acids is 1. The molecule has 0 aromatic carbocycles. The van der Waals surface area contributed by atoms with Crippen molar-refractivity contribution in [1.29, 1.82) is 0 Å². The molecule has 9 heteroatoms. The van der Waals surface area contributed by atoms with Crippen molar-refractivity contribution < 1.29 is 9.21 Å². The topological polar surface area (TPSA) is 78.6 Å². The van der Waals surface area contributed by atoms with Gasteiger partial charge in [-0.1, -0.05) is 19.1 Å². The molecule has 0 radical (unpaired) electrons. The highest BCUT2D eigenvalue weighted by Gasteiger charge is 2.23. The number of piperazine rings is 1. The second-order valence-electron chi connectivity index (χ2n) is 7.67. The molecule has 0 saturated carbocycles. The summed E-state index contributed by atoms with van der Waals surface area (Å²) in [5.41, 5.74) is 1.09. The van der Waals surface area contributed by atoms with Gasteiger partial charge < -0.3 is 9.32 Å². The molecule has 3 aromatic rings. The SMILES string of the molecule is CCCN(Cc1nnc(-c2cccs2)o1)C(=O)CN1CCN(Cc2ccccn2)CC1. The zero-order valence-electron chi connectivity index (χ0n) is 17.8. The number of amides is 1. The normalized spacial score (nSPS) is 15.3. The Kier molecular flexibility index (Phi) is 7.39. The Hall–Kier alpha value is -2.62. The lowest BCUT2D eigenvalue weighted by Crippen LogP contribution is -2.49. The van der Waals surface area contributed by atoms with Gasteiger partial charge in [0.2, 0.25) is 11.8 Å². The minimum absolute atomic E-state index is 0.107. The van der Waals surface area contributed by atoms with Crippen molar-refractivity contribution in [3.05, 3.63) is 53.5 Å². The van der Waals surface area contributed by atoms with Crippen LogP contribution in [0.1, 0.15) is 24.9 Å². The molecule has 0 atom stereocenters. The summed E-state index contributed by atoms with van der Waals surface area (Å²) in [7, 11) is 0. The Morgan fingerprint density at radius 1 is 1.13 bits per heavy atom. The van der Waals surface area contributed by atoms with Gasteiger partial charge in [0.1, 0.15) is 0 Å². The second-order valence-corrected chi connectivity index (χ2v) is 8.61. The molecular formula is C22H28N6O2S. The van der Waals surface area contributed by atoms with Crippen LogP contribution in [0.15, 0.2) is 46.3 Å². The van der Waals surface area contributed by atoms with E-state index in [1.54, 1.807) is 11.3 Å². The van der Waals surface area contributed by atoms with Gasteiger partial charge in [0.05, 0.1) is 23.7 Å². The molecule has 1 amide bonds. The Morgan fingerprint density at radius 3 is 2.68 bits per heavy atom. The van der Waals surface area contributed by atoms with Crippen molar-refractivity contribution in [3.63, 3.8) is 0 Å². The lowest BCUT2D eigenvalue weighted by molar-refractivity contribution is -0.133. The molecule has 3 aromatic heterocycles. The zero-order chi connectivity index (χ0) is 21.5. The Labute approximate surface area is 186 Å². The summed E-state index contributed by atoms with van der Waals surface area (Å²) in [6.45, 7) is 8.00. The molecule has 0 unspecified atom stereocenters. The molecule has 1 saturated heterocycles. The van der Waals surface area contributed by atoms with Crippen LogP contribution in [-0.4, -0.2) is 75.1 Å². The molecule has 1 aliphatic heterocycles. The molecule has 4 rings (SSSR count). The number of thiophene rings is 1. The fourth-order valence-corrected chi connectivity index (χ4v) is 4.30. The van der Waals surface area contributed by atoms with E-state index in [0.717, 1.165) is 49.7 Å². The summed E-state index contributed by atoms with van der Waals surface area (Å²) in [4.78, 5) is 24.8. The average Bonchev–Trinajstić information content (AvgIpc) is 3.47. The molecule has 0 aliphatic carbocycles. The quantitative estimate of drug-likeness (QED) is 0.506. The predicted octanol–water partition coefficient (Wildman–Crippen LogP) is 2.75. The van der Waals surface area contributed by atoms with Crippen molar-refractivity contribution in [2.24, 2.45) is 0 Å². The van der Waals surface area contributed by atoms with E-state index in [1.807, 2.05) is 40.7 Å². The first kappa shape index (κ1) is 21.6. The van der Waals surface area contributed by atoms with E-state index < -0.39 is 0 Å². The standard InChI is InChI=1S/C22H28N6O2S/c1-2-9-28(16-20-24-25-22(30-20)19-7-5-14-31-19)21(29)17-27-12-10-26(11-13-27)15-18-6-3-4-8-23-18/h3-8,14H,2,9-13,15-17H2,1H3. The smallest absolute Gasteiger partial charge is 0.257 e. The fraction of sp³-hybridized carbons (Fsp3) is 0.455. The first-order chi connectivity index (χ1) is 15.2. The molecule has 1 fully saturated rings. The lowest BCUT2D eigenvalue weighted by atomic mass is 10.2. The predicted molar refractivity (Wildman–Crippen MR) is 119 cm³/mol. The molecule has 31 heavy (non-hydrogen) atoms. The van der Waals surface area contributed by atoms with E-state index in [-0.39, 0.29) is 5.91 Å². The molecule has 0 spiro atoms. The van der Waals surface area contributed by atoms with Gasteiger partial charge in [0, 0.05) is 45.5 Å². The maximum Gasteiger partial charge on any atom is 0.257 e. The van der Waals surface area contributed by atoms with Gasteiger partial charge in [-0.05, 0) is 30.0 Å². The van der Waals surface area contributed by atoms with E-state index in [0.29, 0.717) is 31.4 Å². The Balaban J connectivity index is 1.28. The van der Waals surface area contributed by atoms with Gasteiger partial charge in [0.25, 0.3) is 5.89 Å². The summed E-state index contributed by atoms with van der Waals surface area (Å²) >= 11 is 1.56. The third kappa shape index (κ3) is 5.96.